The normalized spacial score (nSPS) is 10.3. The maximum atomic E-state index is 13.0. The van der Waals surface area contributed by atoms with Gasteiger partial charge in [-0.2, -0.15) is 0 Å². The van der Waals surface area contributed by atoms with Crippen molar-refractivity contribution in [3.8, 4) is 5.75 Å². The van der Waals surface area contributed by atoms with Crippen molar-refractivity contribution in [3.05, 3.63) is 63.9 Å². The Bertz CT molecular complexity index is 594. The molecule has 0 saturated heterocycles. The molecule has 19 heavy (non-hydrogen) atoms. The van der Waals surface area contributed by atoms with Crippen LogP contribution in [-0.4, -0.2) is 12.9 Å². The number of rotatable bonds is 4. The number of hydrogen-bond donors (Lipinski definition) is 0. The topological polar surface area (TPSA) is 26.3 Å². The number of Topliss-reactive ketones (excluding diaryl/α,β-unsaturated/α-hetero) is 1. The summed E-state index contributed by atoms with van der Waals surface area (Å²) < 4.78 is 18.5. The van der Waals surface area contributed by atoms with Gasteiger partial charge in [0.2, 0.25) is 0 Å². The fourth-order valence-electron chi connectivity index (χ4n) is 1.74. The number of halogens is 2. The number of benzene rings is 2. The third-order valence-electron chi connectivity index (χ3n) is 2.76. The van der Waals surface area contributed by atoms with Crippen LogP contribution in [-0.2, 0) is 6.42 Å². The lowest BCUT2D eigenvalue weighted by Gasteiger charge is -2.05. The molecule has 0 aliphatic carbocycles. The Kier molecular flexibility index (Phi) is 4.32. The Labute approximate surface area is 119 Å². The molecule has 0 fully saturated rings. The maximum absolute atomic E-state index is 13.0. The Hall–Kier alpha value is -1.68. The van der Waals surface area contributed by atoms with E-state index in [-0.39, 0.29) is 18.0 Å². The van der Waals surface area contributed by atoms with Gasteiger partial charge < -0.3 is 4.74 Å². The van der Waals surface area contributed by atoms with E-state index in [0.717, 1.165) is 11.3 Å². The van der Waals surface area contributed by atoms with Crippen LogP contribution >= 0.6 is 15.9 Å². The lowest BCUT2D eigenvalue weighted by Crippen LogP contribution is -2.04. The van der Waals surface area contributed by atoms with E-state index in [9.17, 15) is 9.18 Å². The van der Waals surface area contributed by atoms with Crippen LogP contribution in [0.25, 0.3) is 0 Å². The van der Waals surface area contributed by atoms with Gasteiger partial charge in [-0.05, 0) is 51.8 Å². The van der Waals surface area contributed by atoms with Crippen LogP contribution in [0.15, 0.2) is 46.9 Å². The van der Waals surface area contributed by atoms with Gasteiger partial charge in [0, 0.05) is 16.5 Å². The molecule has 0 saturated carbocycles. The van der Waals surface area contributed by atoms with E-state index in [1.807, 2.05) is 24.3 Å². The van der Waals surface area contributed by atoms with Crippen molar-refractivity contribution in [3.63, 3.8) is 0 Å². The summed E-state index contributed by atoms with van der Waals surface area (Å²) in [5, 5.41) is 0. The third-order valence-corrected chi connectivity index (χ3v) is 3.41. The van der Waals surface area contributed by atoms with Gasteiger partial charge in [-0.25, -0.2) is 4.39 Å². The van der Waals surface area contributed by atoms with Gasteiger partial charge in [-0.1, -0.05) is 12.1 Å². The molecule has 0 amide bonds. The van der Waals surface area contributed by atoms with Crippen molar-refractivity contribution in [2.45, 2.75) is 6.42 Å². The molecule has 2 nitrogen and oxygen atoms in total. The first kappa shape index (κ1) is 13.7. The van der Waals surface area contributed by atoms with Crippen molar-refractivity contribution < 1.29 is 13.9 Å². The first-order valence-electron chi connectivity index (χ1n) is 5.71. The predicted octanol–water partition coefficient (Wildman–Crippen LogP) is 4.02. The minimum absolute atomic E-state index is 0.0583. The molecular formula is C15H12BrFO2. The summed E-state index contributed by atoms with van der Waals surface area (Å²) in [5.74, 6) is 0.323. The molecule has 98 valence electrons. The summed E-state index contributed by atoms with van der Waals surface area (Å²) in [6.45, 7) is 0. The molecule has 0 aliphatic heterocycles. The summed E-state index contributed by atoms with van der Waals surface area (Å²) in [5.41, 5.74) is 1.37. The average molecular weight is 323 g/mol. The molecule has 0 heterocycles. The van der Waals surface area contributed by atoms with Crippen LogP contribution in [0.1, 0.15) is 15.9 Å². The Morgan fingerprint density at radius 3 is 2.47 bits per heavy atom. The molecule has 0 aliphatic rings. The number of carbonyl (C=O) groups excluding carboxylic acids is 1. The van der Waals surface area contributed by atoms with Gasteiger partial charge >= 0.3 is 0 Å². The van der Waals surface area contributed by atoms with Crippen molar-refractivity contribution in [2.75, 3.05) is 7.11 Å². The van der Waals surface area contributed by atoms with E-state index in [0.29, 0.717) is 10.0 Å². The van der Waals surface area contributed by atoms with E-state index in [2.05, 4.69) is 15.9 Å². The molecular weight excluding hydrogens is 311 g/mol. The van der Waals surface area contributed by atoms with E-state index < -0.39 is 0 Å². The largest absolute Gasteiger partial charge is 0.497 e. The molecule has 2 aromatic carbocycles. The van der Waals surface area contributed by atoms with Crippen LogP contribution in [0.5, 0.6) is 5.75 Å². The molecule has 0 spiro atoms. The number of hydrogen-bond acceptors (Lipinski definition) is 2. The zero-order chi connectivity index (χ0) is 13.8. The highest BCUT2D eigenvalue weighted by Crippen LogP contribution is 2.20. The highest BCUT2D eigenvalue weighted by molar-refractivity contribution is 9.10. The fraction of sp³-hybridized carbons (Fsp3) is 0.133. The first-order chi connectivity index (χ1) is 9.10. The summed E-state index contributed by atoms with van der Waals surface area (Å²) in [6.07, 6.45) is 0.272. The van der Waals surface area contributed by atoms with Gasteiger partial charge in [0.15, 0.2) is 5.78 Å². The molecule has 0 atom stereocenters. The minimum Gasteiger partial charge on any atom is -0.497 e. The monoisotopic (exact) mass is 322 g/mol. The van der Waals surface area contributed by atoms with Crippen LogP contribution in [0.4, 0.5) is 4.39 Å². The Morgan fingerprint density at radius 2 is 1.89 bits per heavy atom. The minimum atomic E-state index is -0.368. The SMILES string of the molecule is COc1ccc(CC(=O)c2ccc(F)cc2Br)cc1. The second-order valence-corrected chi connectivity index (χ2v) is 4.93. The zero-order valence-electron chi connectivity index (χ0n) is 10.3. The van der Waals surface area contributed by atoms with Crippen LogP contribution < -0.4 is 4.74 Å². The maximum Gasteiger partial charge on any atom is 0.168 e. The fourth-order valence-corrected chi connectivity index (χ4v) is 2.31. The summed E-state index contributed by atoms with van der Waals surface area (Å²) >= 11 is 3.20. The standard InChI is InChI=1S/C15H12BrFO2/c1-19-12-5-2-10(3-6-12)8-15(18)13-7-4-11(17)9-14(13)16/h2-7,9H,8H2,1H3. The summed E-state index contributed by atoms with van der Waals surface area (Å²) in [4.78, 5) is 12.1. The van der Waals surface area contributed by atoms with Crippen molar-refractivity contribution in [1.82, 2.24) is 0 Å². The highest BCUT2D eigenvalue weighted by atomic mass is 79.9. The first-order valence-corrected chi connectivity index (χ1v) is 6.50. The quantitative estimate of drug-likeness (QED) is 0.795. The van der Waals surface area contributed by atoms with Crippen molar-refractivity contribution in [1.29, 1.82) is 0 Å². The third kappa shape index (κ3) is 3.41. The van der Waals surface area contributed by atoms with Crippen LogP contribution in [0.3, 0.4) is 0 Å². The summed E-state index contributed by atoms with van der Waals surface area (Å²) in [7, 11) is 1.59. The van der Waals surface area contributed by atoms with Crippen LogP contribution in [0, 0.1) is 5.82 Å². The van der Waals surface area contributed by atoms with Gasteiger partial charge in [0.25, 0.3) is 0 Å². The Morgan fingerprint density at radius 1 is 1.21 bits per heavy atom. The smallest absolute Gasteiger partial charge is 0.168 e. The van der Waals surface area contributed by atoms with Crippen LogP contribution in [0.2, 0.25) is 0 Å². The lowest BCUT2D eigenvalue weighted by molar-refractivity contribution is 0.0992. The second-order valence-electron chi connectivity index (χ2n) is 4.07. The lowest BCUT2D eigenvalue weighted by atomic mass is 10.0. The zero-order valence-corrected chi connectivity index (χ0v) is 11.9. The van der Waals surface area contributed by atoms with Gasteiger partial charge in [0.05, 0.1) is 7.11 Å². The molecule has 0 unspecified atom stereocenters. The van der Waals surface area contributed by atoms with E-state index in [4.69, 9.17) is 4.74 Å². The molecule has 2 aromatic rings. The van der Waals surface area contributed by atoms with Gasteiger partial charge in [-0.15, -0.1) is 0 Å². The molecule has 2 rings (SSSR count). The number of methoxy groups -OCH3 is 1. The van der Waals surface area contributed by atoms with E-state index >= 15 is 0 Å². The van der Waals surface area contributed by atoms with Gasteiger partial charge in [0.1, 0.15) is 11.6 Å². The number of ketones is 1. The molecule has 0 aromatic heterocycles. The highest BCUT2D eigenvalue weighted by Gasteiger charge is 2.11. The van der Waals surface area contributed by atoms with Gasteiger partial charge in [-0.3, -0.25) is 4.79 Å². The summed E-state index contributed by atoms with van der Waals surface area (Å²) in [6, 6.07) is 11.4. The second kappa shape index (κ2) is 5.97. The van der Waals surface area contributed by atoms with E-state index in [1.54, 1.807) is 7.11 Å². The number of ether oxygens (including phenoxy) is 1. The van der Waals surface area contributed by atoms with Crippen molar-refractivity contribution >= 4 is 21.7 Å². The Balaban J connectivity index is 2.15. The molecule has 4 heteroatoms. The molecule has 0 N–H and O–H groups in total. The predicted molar refractivity (Wildman–Crippen MR) is 75.1 cm³/mol. The van der Waals surface area contributed by atoms with E-state index in [1.165, 1.54) is 18.2 Å². The molecule has 0 bridgehead atoms. The molecule has 0 radical (unpaired) electrons. The average Bonchev–Trinajstić information content (AvgIpc) is 2.39. The van der Waals surface area contributed by atoms with Crippen molar-refractivity contribution in [2.24, 2.45) is 0 Å². The number of carbonyl (C=O) groups is 1.